The second-order valence-corrected chi connectivity index (χ2v) is 16.0. The van der Waals surface area contributed by atoms with Crippen molar-refractivity contribution in [2.45, 2.75) is 62.9 Å². The molecule has 1 atom stereocenters. The highest BCUT2D eigenvalue weighted by atomic mass is 35.5. The summed E-state index contributed by atoms with van der Waals surface area (Å²) in [5.74, 6) is -2.95. The number of amides is 6. The van der Waals surface area contributed by atoms with Crippen molar-refractivity contribution < 1.29 is 51.4 Å². The number of piperidine rings is 2. The number of hydrogen-bond acceptors (Lipinski definition) is 10. The Bertz CT molecular complexity index is 1950. The van der Waals surface area contributed by atoms with Crippen LogP contribution in [0.15, 0.2) is 36.4 Å². The highest BCUT2D eigenvalue weighted by Crippen LogP contribution is 2.38. The van der Waals surface area contributed by atoms with Crippen molar-refractivity contribution in [1.29, 1.82) is 0 Å². The van der Waals surface area contributed by atoms with Gasteiger partial charge < -0.3 is 45.0 Å². The third kappa shape index (κ3) is 10.5. The molecule has 0 bridgehead atoms. The summed E-state index contributed by atoms with van der Waals surface area (Å²) in [5, 5.41) is 2.62. The van der Waals surface area contributed by atoms with Crippen LogP contribution in [0.3, 0.4) is 0 Å². The number of ether oxygens (including phenoxy) is 2. The minimum atomic E-state index is -4.83. The van der Waals surface area contributed by atoms with Gasteiger partial charge in [-0.1, -0.05) is 29.8 Å². The Kier molecular flexibility index (Phi) is 14.0. The summed E-state index contributed by atoms with van der Waals surface area (Å²) in [4.78, 5) is 87.1. The topological polar surface area (TPSA) is 178 Å². The molecule has 60 heavy (non-hydrogen) atoms. The molecule has 2 aromatic carbocycles. The van der Waals surface area contributed by atoms with Crippen LogP contribution in [0.1, 0.15) is 42.4 Å². The van der Waals surface area contributed by atoms with Gasteiger partial charge in [0.25, 0.3) is 11.8 Å². The van der Waals surface area contributed by atoms with Crippen molar-refractivity contribution in [1.82, 2.24) is 29.4 Å². The van der Waals surface area contributed by atoms with Crippen LogP contribution in [0.4, 0.5) is 34.1 Å². The number of fused-ring (bicyclic) bond motifs is 1. The lowest BCUT2D eigenvalue weighted by molar-refractivity contribution is -0.163. The molecule has 2 aromatic rings. The lowest BCUT2D eigenvalue weighted by atomic mass is 9.99. The van der Waals surface area contributed by atoms with Crippen molar-refractivity contribution in [3.05, 3.63) is 58.1 Å². The second-order valence-electron chi connectivity index (χ2n) is 15.6. The number of nitrogens with two attached hydrogens (primary N) is 1. The van der Waals surface area contributed by atoms with Crippen LogP contribution in [0.25, 0.3) is 0 Å². The molecule has 0 aromatic heterocycles. The molecule has 0 saturated carbocycles. The van der Waals surface area contributed by atoms with Gasteiger partial charge in [0.2, 0.25) is 0 Å². The second kappa shape index (κ2) is 19.0. The standard InChI is InChI=1S/C40H50ClF3N8O8/c1-47(2)33(53)24-59-37(56)36(55)50-19-17-48(18-20-50)27-8-12-49(13-9-27)35(54)32(23-25-21-29(40(42,43)44)34(45)30(41)22-25)60-39(58)51-14-10-28(11-15-51)52-16-7-26-5-3-4-6-31(26)46-38(52)57/h3-6,21-22,27-28,32H,7-20,23-24,45H2,1-2H3,(H,46,57)/t32-/m1/s1. The SMILES string of the molecule is CN(C)C(=O)COC(=O)C(=O)N1CCN(C2CCN(C(=O)[C@@H](Cc3cc(Cl)c(N)c(C(F)(F)F)c3)OC(=O)N3CCC(N4CCc5ccccc5NC4=O)CC3)CC2)CC1. The lowest BCUT2D eigenvalue weighted by Gasteiger charge is -2.43. The van der Waals surface area contributed by atoms with E-state index in [0.29, 0.717) is 51.7 Å². The number of nitrogens with one attached hydrogen (secondary N) is 1. The summed E-state index contributed by atoms with van der Waals surface area (Å²) in [6.07, 6.45) is -4.85. The van der Waals surface area contributed by atoms with Gasteiger partial charge in [-0.2, -0.15) is 13.2 Å². The fourth-order valence-corrected chi connectivity index (χ4v) is 8.35. The number of esters is 1. The van der Waals surface area contributed by atoms with Gasteiger partial charge in [0.15, 0.2) is 12.7 Å². The molecule has 4 aliphatic heterocycles. The molecule has 6 rings (SSSR count). The Balaban J connectivity index is 1.06. The number of carbonyl (C=O) groups excluding carboxylic acids is 6. The van der Waals surface area contributed by atoms with Gasteiger partial charge in [0, 0.05) is 97.2 Å². The van der Waals surface area contributed by atoms with Gasteiger partial charge in [0.1, 0.15) is 0 Å². The first kappa shape index (κ1) is 44.3. The van der Waals surface area contributed by atoms with Crippen molar-refractivity contribution in [3.63, 3.8) is 0 Å². The number of piperazine rings is 1. The van der Waals surface area contributed by atoms with E-state index in [9.17, 15) is 41.9 Å². The van der Waals surface area contributed by atoms with Crippen LogP contribution < -0.4 is 11.1 Å². The molecule has 0 unspecified atom stereocenters. The molecule has 0 spiro atoms. The number of alkyl halides is 3. The Labute approximate surface area is 350 Å². The fourth-order valence-electron chi connectivity index (χ4n) is 8.11. The largest absolute Gasteiger partial charge is 0.448 e. The number of anilines is 2. The Morgan fingerprint density at radius 2 is 1.52 bits per heavy atom. The highest BCUT2D eigenvalue weighted by molar-refractivity contribution is 6.33. The molecule has 0 aliphatic carbocycles. The number of carbonyl (C=O) groups is 6. The number of urea groups is 1. The summed E-state index contributed by atoms with van der Waals surface area (Å²) in [5.41, 5.74) is 5.65. The Morgan fingerprint density at radius 3 is 2.17 bits per heavy atom. The molecular weight excluding hydrogens is 813 g/mol. The van der Waals surface area contributed by atoms with Gasteiger partial charge >= 0.3 is 30.2 Å². The van der Waals surface area contributed by atoms with E-state index < -0.39 is 59.9 Å². The molecule has 16 nitrogen and oxygen atoms in total. The van der Waals surface area contributed by atoms with Crippen LogP contribution in [0, 0.1) is 0 Å². The van der Waals surface area contributed by atoms with Gasteiger partial charge in [-0.15, -0.1) is 0 Å². The number of nitrogens with zero attached hydrogens (tertiary/aromatic N) is 6. The number of likely N-dealkylation sites (tertiary alicyclic amines) is 2. The number of hydrogen-bond donors (Lipinski definition) is 2. The predicted octanol–water partition coefficient (Wildman–Crippen LogP) is 3.31. The van der Waals surface area contributed by atoms with E-state index in [1.54, 1.807) is 4.90 Å². The Hall–Kier alpha value is -5.30. The number of para-hydroxylation sites is 1. The average molecular weight is 863 g/mol. The van der Waals surface area contributed by atoms with Crippen molar-refractivity contribution in [2.75, 3.05) is 90.7 Å². The van der Waals surface area contributed by atoms with E-state index in [0.717, 1.165) is 17.3 Å². The maximum absolute atomic E-state index is 14.1. The van der Waals surface area contributed by atoms with E-state index in [4.69, 9.17) is 26.8 Å². The van der Waals surface area contributed by atoms with Gasteiger partial charge in [-0.05, 0) is 61.4 Å². The summed E-state index contributed by atoms with van der Waals surface area (Å²) >= 11 is 6.12. The molecule has 3 fully saturated rings. The van der Waals surface area contributed by atoms with Crippen molar-refractivity contribution in [3.8, 4) is 0 Å². The van der Waals surface area contributed by atoms with Crippen LogP contribution in [-0.4, -0.2) is 163 Å². The zero-order chi connectivity index (χ0) is 43.3. The molecule has 0 radical (unpaired) electrons. The zero-order valence-electron chi connectivity index (χ0n) is 33.5. The molecule has 3 saturated heterocycles. The van der Waals surface area contributed by atoms with Crippen molar-refractivity contribution in [2.24, 2.45) is 0 Å². The number of likely N-dealkylation sites (N-methyl/N-ethyl adjacent to an activating group) is 1. The number of halogens is 4. The minimum Gasteiger partial charge on any atom is -0.448 e. The number of benzene rings is 2. The first-order valence-electron chi connectivity index (χ1n) is 19.9. The monoisotopic (exact) mass is 862 g/mol. The van der Waals surface area contributed by atoms with E-state index >= 15 is 0 Å². The smallest absolute Gasteiger partial charge is 0.418 e. The molecule has 6 amide bonds. The van der Waals surface area contributed by atoms with E-state index in [1.807, 2.05) is 24.3 Å². The van der Waals surface area contributed by atoms with E-state index in [1.165, 1.54) is 39.8 Å². The first-order chi connectivity index (χ1) is 28.5. The molecule has 20 heteroatoms. The number of nitrogen functional groups attached to an aromatic ring is 1. The normalized spacial score (nSPS) is 18.9. The first-order valence-corrected chi connectivity index (χ1v) is 20.3. The lowest BCUT2D eigenvalue weighted by Crippen LogP contribution is -2.56. The van der Waals surface area contributed by atoms with Crippen molar-refractivity contribution >= 4 is 58.8 Å². The summed E-state index contributed by atoms with van der Waals surface area (Å²) in [6, 6.07) is 9.30. The molecular formula is C40H50ClF3N8O8. The maximum atomic E-state index is 14.1. The fraction of sp³-hybridized carbons (Fsp3) is 0.550. The molecule has 326 valence electrons. The van der Waals surface area contributed by atoms with Crippen LogP contribution in [-0.2, 0) is 47.7 Å². The zero-order valence-corrected chi connectivity index (χ0v) is 34.3. The maximum Gasteiger partial charge on any atom is 0.418 e. The predicted molar refractivity (Wildman–Crippen MR) is 213 cm³/mol. The van der Waals surface area contributed by atoms with Crippen LogP contribution >= 0.6 is 11.6 Å². The Morgan fingerprint density at radius 1 is 0.883 bits per heavy atom. The van der Waals surface area contributed by atoms with E-state index in [2.05, 4.69) is 10.2 Å². The summed E-state index contributed by atoms with van der Waals surface area (Å²) in [7, 11) is 3.01. The van der Waals surface area contributed by atoms with Crippen LogP contribution in [0.5, 0.6) is 0 Å². The summed E-state index contributed by atoms with van der Waals surface area (Å²) < 4.78 is 52.4. The van der Waals surface area contributed by atoms with Crippen LogP contribution in [0.2, 0.25) is 5.02 Å². The summed E-state index contributed by atoms with van der Waals surface area (Å²) in [6.45, 7) is 2.40. The third-order valence-electron chi connectivity index (χ3n) is 11.6. The quantitative estimate of drug-likeness (QED) is 0.228. The highest BCUT2D eigenvalue weighted by Gasteiger charge is 2.39. The van der Waals surface area contributed by atoms with Gasteiger partial charge in [0.05, 0.1) is 16.3 Å². The minimum absolute atomic E-state index is 0.00930. The van der Waals surface area contributed by atoms with Gasteiger partial charge in [-0.25, -0.2) is 14.4 Å². The van der Waals surface area contributed by atoms with E-state index in [-0.39, 0.29) is 74.4 Å². The van der Waals surface area contributed by atoms with Gasteiger partial charge in [-0.3, -0.25) is 19.3 Å². The number of rotatable bonds is 8. The molecule has 3 N–H and O–H groups in total. The third-order valence-corrected chi connectivity index (χ3v) is 11.9. The molecule has 4 heterocycles. The molecule has 4 aliphatic rings. The average Bonchev–Trinajstić information content (AvgIpc) is 3.40.